The molecule has 2 N–H and O–H groups in total. The molecule has 2 nitrogen and oxygen atoms in total. The molecule has 5 heteroatoms. The second kappa shape index (κ2) is 6.39. The van der Waals surface area contributed by atoms with Crippen LogP contribution in [0.2, 0.25) is 0 Å². The van der Waals surface area contributed by atoms with Gasteiger partial charge < -0.3 is 10.2 Å². The lowest BCUT2D eigenvalue weighted by Gasteiger charge is -2.29. The van der Waals surface area contributed by atoms with E-state index in [4.69, 9.17) is 0 Å². The van der Waals surface area contributed by atoms with Crippen molar-refractivity contribution in [1.29, 1.82) is 0 Å². The van der Waals surface area contributed by atoms with Gasteiger partial charge in [-0.1, -0.05) is 31.5 Å². The largest absolute Gasteiger partial charge is 0.416 e. The first kappa shape index (κ1) is 16.0. The van der Waals surface area contributed by atoms with E-state index in [1.807, 2.05) is 6.92 Å². The van der Waals surface area contributed by atoms with Crippen LogP contribution in [0.3, 0.4) is 0 Å². The third-order valence-corrected chi connectivity index (χ3v) is 3.28. The van der Waals surface area contributed by atoms with Gasteiger partial charge in [0.15, 0.2) is 0 Å². The number of benzene rings is 1. The quantitative estimate of drug-likeness (QED) is 0.838. The predicted octanol–water partition coefficient (Wildman–Crippen LogP) is 3.02. The van der Waals surface area contributed by atoms with E-state index in [9.17, 15) is 23.4 Å². The number of aliphatic hydroxyl groups is 2. The van der Waals surface area contributed by atoms with Crippen molar-refractivity contribution in [2.45, 2.75) is 32.4 Å². The summed E-state index contributed by atoms with van der Waals surface area (Å²) in [7, 11) is 0. The van der Waals surface area contributed by atoms with Crippen LogP contribution >= 0.6 is 0 Å². The molecule has 0 bridgehead atoms. The zero-order valence-electron chi connectivity index (χ0n) is 10.9. The minimum atomic E-state index is -4.37. The Morgan fingerprint density at radius 2 is 1.74 bits per heavy atom. The van der Waals surface area contributed by atoms with E-state index in [0.717, 1.165) is 18.6 Å². The lowest BCUT2D eigenvalue weighted by molar-refractivity contribution is -0.137. The summed E-state index contributed by atoms with van der Waals surface area (Å²) in [6, 6.07) is 5.03. The maximum absolute atomic E-state index is 12.6. The van der Waals surface area contributed by atoms with Gasteiger partial charge in [-0.2, -0.15) is 13.2 Å². The normalized spacial score (nSPS) is 12.7. The molecule has 0 amide bonds. The molecule has 1 rings (SSSR count). The molecule has 0 aromatic heterocycles. The summed E-state index contributed by atoms with van der Waals surface area (Å²) >= 11 is 0. The summed E-state index contributed by atoms with van der Waals surface area (Å²) in [6.45, 7) is 1.42. The number of aliphatic hydroxyl groups excluding tert-OH is 2. The maximum Gasteiger partial charge on any atom is 0.416 e. The highest BCUT2D eigenvalue weighted by atomic mass is 19.4. The van der Waals surface area contributed by atoms with Gasteiger partial charge in [-0.25, -0.2) is 0 Å². The van der Waals surface area contributed by atoms with Crippen molar-refractivity contribution < 1.29 is 23.4 Å². The fourth-order valence-electron chi connectivity index (χ4n) is 2.23. The average molecular weight is 276 g/mol. The highest BCUT2D eigenvalue weighted by Crippen LogP contribution is 2.32. The van der Waals surface area contributed by atoms with Gasteiger partial charge in [0.25, 0.3) is 0 Å². The summed E-state index contributed by atoms with van der Waals surface area (Å²) in [5.41, 5.74) is -0.975. The summed E-state index contributed by atoms with van der Waals surface area (Å²) in [5, 5.41) is 18.8. The zero-order chi connectivity index (χ0) is 14.5. The lowest BCUT2D eigenvalue weighted by Crippen LogP contribution is -2.32. The second-order valence-corrected chi connectivity index (χ2v) is 4.94. The minimum Gasteiger partial charge on any atom is -0.396 e. The van der Waals surface area contributed by atoms with Crippen LogP contribution in [0.4, 0.5) is 13.2 Å². The summed E-state index contributed by atoms with van der Waals surface area (Å²) in [5.74, 6) is 0. The molecular formula is C14H19F3O2. The standard InChI is InChI=1S/C14H19F3O2/c1-2-6-13(9-18,10-19)8-11-4-3-5-12(7-11)14(15,16)17/h3-5,7,18-19H,2,6,8-10H2,1H3. The van der Waals surface area contributed by atoms with E-state index < -0.39 is 17.2 Å². The smallest absolute Gasteiger partial charge is 0.396 e. The number of rotatable bonds is 6. The Labute approximate surface area is 110 Å². The molecule has 19 heavy (non-hydrogen) atoms. The van der Waals surface area contributed by atoms with Crippen LogP contribution in [-0.4, -0.2) is 23.4 Å². The van der Waals surface area contributed by atoms with Crippen LogP contribution in [0.5, 0.6) is 0 Å². The third-order valence-electron chi connectivity index (χ3n) is 3.28. The molecule has 0 atom stereocenters. The lowest BCUT2D eigenvalue weighted by atomic mass is 9.79. The molecule has 0 aliphatic heterocycles. The molecule has 1 aromatic carbocycles. The van der Waals surface area contributed by atoms with Crippen LogP contribution in [0.1, 0.15) is 30.9 Å². The number of hydrogen-bond donors (Lipinski definition) is 2. The Morgan fingerprint density at radius 1 is 1.11 bits per heavy atom. The molecule has 0 fully saturated rings. The minimum absolute atomic E-state index is 0.234. The van der Waals surface area contributed by atoms with Crippen LogP contribution in [-0.2, 0) is 12.6 Å². The fraction of sp³-hybridized carbons (Fsp3) is 0.571. The Morgan fingerprint density at radius 3 is 2.21 bits per heavy atom. The van der Waals surface area contributed by atoms with E-state index in [2.05, 4.69) is 0 Å². The first-order chi connectivity index (χ1) is 8.87. The average Bonchev–Trinajstić information content (AvgIpc) is 2.37. The molecule has 0 spiro atoms. The monoisotopic (exact) mass is 276 g/mol. The topological polar surface area (TPSA) is 40.5 Å². The molecule has 0 aliphatic carbocycles. The SMILES string of the molecule is CCCC(CO)(CO)Cc1cccc(C(F)(F)F)c1. The molecule has 0 aliphatic rings. The molecule has 0 unspecified atom stereocenters. The van der Waals surface area contributed by atoms with Crippen molar-refractivity contribution in [3.8, 4) is 0 Å². The van der Waals surface area contributed by atoms with Crippen molar-refractivity contribution in [1.82, 2.24) is 0 Å². The van der Waals surface area contributed by atoms with Gasteiger partial charge in [-0.05, 0) is 24.5 Å². The van der Waals surface area contributed by atoms with Gasteiger partial charge in [0.1, 0.15) is 0 Å². The Kier molecular flexibility index (Phi) is 5.38. The Bertz CT molecular complexity index is 398. The Balaban J connectivity index is 2.97. The molecular weight excluding hydrogens is 257 g/mol. The van der Waals surface area contributed by atoms with Crippen molar-refractivity contribution in [2.24, 2.45) is 5.41 Å². The van der Waals surface area contributed by atoms with Gasteiger partial charge in [0.05, 0.1) is 18.8 Å². The van der Waals surface area contributed by atoms with Crippen LogP contribution in [0.15, 0.2) is 24.3 Å². The van der Waals surface area contributed by atoms with E-state index >= 15 is 0 Å². The van der Waals surface area contributed by atoms with E-state index in [0.29, 0.717) is 12.0 Å². The van der Waals surface area contributed by atoms with Crippen molar-refractivity contribution in [2.75, 3.05) is 13.2 Å². The molecule has 0 saturated carbocycles. The first-order valence-corrected chi connectivity index (χ1v) is 6.25. The van der Waals surface area contributed by atoms with Crippen LogP contribution < -0.4 is 0 Å². The summed E-state index contributed by atoms with van der Waals surface area (Å²) in [4.78, 5) is 0. The van der Waals surface area contributed by atoms with Gasteiger partial charge >= 0.3 is 6.18 Å². The highest BCUT2D eigenvalue weighted by molar-refractivity contribution is 5.26. The summed E-state index contributed by atoms with van der Waals surface area (Å²) in [6.07, 6.45) is -2.82. The van der Waals surface area contributed by atoms with Crippen molar-refractivity contribution >= 4 is 0 Å². The third kappa shape index (κ3) is 4.21. The van der Waals surface area contributed by atoms with E-state index in [-0.39, 0.29) is 19.6 Å². The van der Waals surface area contributed by atoms with Crippen molar-refractivity contribution in [3.63, 3.8) is 0 Å². The maximum atomic E-state index is 12.6. The summed E-state index contributed by atoms with van der Waals surface area (Å²) < 4.78 is 37.8. The second-order valence-electron chi connectivity index (χ2n) is 4.94. The van der Waals surface area contributed by atoms with Gasteiger partial charge in [-0.15, -0.1) is 0 Å². The zero-order valence-corrected chi connectivity index (χ0v) is 10.9. The van der Waals surface area contributed by atoms with Gasteiger partial charge in [0.2, 0.25) is 0 Å². The molecule has 0 radical (unpaired) electrons. The molecule has 108 valence electrons. The van der Waals surface area contributed by atoms with Crippen LogP contribution in [0.25, 0.3) is 0 Å². The van der Waals surface area contributed by atoms with Crippen molar-refractivity contribution in [3.05, 3.63) is 35.4 Å². The van der Waals surface area contributed by atoms with E-state index in [1.54, 1.807) is 6.07 Å². The van der Waals surface area contributed by atoms with Gasteiger partial charge in [0, 0.05) is 5.41 Å². The first-order valence-electron chi connectivity index (χ1n) is 6.25. The van der Waals surface area contributed by atoms with Gasteiger partial charge in [-0.3, -0.25) is 0 Å². The Hall–Kier alpha value is -1.07. The number of halogens is 3. The highest BCUT2D eigenvalue weighted by Gasteiger charge is 2.32. The van der Waals surface area contributed by atoms with E-state index in [1.165, 1.54) is 6.07 Å². The number of hydrogen-bond acceptors (Lipinski definition) is 2. The molecule has 0 heterocycles. The predicted molar refractivity (Wildman–Crippen MR) is 66.7 cm³/mol. The number of alkyl halides is 3. The molecule has 0 saturated heterocycles. The molecule has 1 aromatic rings. The fourth-order valence-corrected chi connectivity index (χ4v) is 2.23. The van der Waals surface area contributed by atoms with Crippen LogP contribution in [0, 0.1) is 5.41 Å².